The third-order valence-electron chi connectivity index (χ3n) is 6.01. The molecule has 3 aromatic rings. The molecule has 1 aliphatic heterocycles. The van der Waals surface area contributed by atoms with E-state index in [1.807, 2.05) is 0 Å². The van der Waals surface area contributed by atoms with Gasteiger partial charge >= 0.3 is 12.4 Å². The van der Waals surface area contributed by atoms with Crippen molar-refractivity contribution >= 4 is 56.6 Å². The number of fused-ring (bicyclic) bond motifs is 1. The average molecular weight is 602 g/mol. The lowest BCUT2D eigenvalue weighted by atomic mass is 10.0. The molecule has 208 valence electrons. The van der Waals surface area contributed by atoms with Crippen molar-refractivity contribution in [3.05, 3.63) is 57.6 Å². The molecule has 0 aliphatic carbocycles. The molecule has 0 atom stereocenters. The minimum atomic E-state index is -5.07. The fourth-order valence-corrected chi connectivity index (χ4v) is 5.20. The third-order valence-corrected chi connectivity index (χ3v) is 7.46. The zero-order chi connectivity index (χ0) is 27.0. The molecule has 0 N–H and O–H groups in total. The largest absolute Gasteiger partial charge is 0.416 e. The van der Waals surface area contributed by atoms with E-state index in [2.05, 4.69) is 9.88 Å². The van der Waals surface area contributed by atoms with Gasteiger partial charge in [-0.2, -0.15) is 26.3 Å². The predicted octanol–water partition coefficient (Wildman–Crippen LogP) is 7.09. The first-order chi connectivity index (χ1) is 17.3. The molecule has 4 rings (SSSR count). The van der Waals surface area contributed by atoms with Crippen LogP contribution in [0.5, 0.6) is 0 Å². The summed E-state index contributed by atoms with van der Waals surface area (Å²) in [6, 6.07) is 4.26. The quantitative estimate of drug-likeness (QED) is 0.283. The lowest BCUT2D eigenvalue weighted by molar-refractivity contribution is -0.143. The Bertz CT molecular complexity index is 1260. The first-order valence-electron chi connectivity index (χ1n) is 11.3. The molecule has 0 spiro atoms. The van der Waals surface area contributed by atoms with Crippen LogP contribution in [0.1, 0.15) is 33.5 Å². The van der Waals surface area contributed by atoms with Crippen LogP contribution >= 0.6 is 35.3 Å². The maximum absolute atomic E-state index is 13.5. The molecule has 1 aliphatic rings. The highest BCUT2D eigenvalue weighted by atomic mass is 35.5. The molecule has 1 aromatic heterocycles. The third kappa shape index (κ3) is 6.90. The van der Waals surface area contributed by atoms with E-state index in [4.69, 9.17) is 16.3 Å². The highest BCUT2D eigenvalue weighted by molar-refractivity contribution is 7.22. The Morgan fingerprint density at radius 2 is 1.68 bits per heavy atom. The SMILES string of the molecule is Cc1c(Cl)ccc2sc(N(CCCN3CCOCC3)C(=O)c3cc(C(F)(F)F)cc(C(F)(F)F)c3)nc12.Cl. The number of rotatable bonds is 6. The molecule has 5 nitrogen and oxygen atoms in total. The number of amides is 1. The molecule has 1 saturated heterocycles. The monoisotopic (exact) mass is 601 g/mol. The highest BCUT2D eigenvalue weighted by Crippen LogP contribution is 2.38. The van der Waals surface area contributed by atoms with Crippen LogP contribution in [0.25, 0.3) is 10.2 Å². The van der Waals surface area contributed by atoms with Gasteiger partial charge in [0.1, 0.15) is 0 Å². The van der Waals surface area contributed by atoms with Gasteiger partial charge in [-0.15, -0.1) is 12.4 Å². The number of thiazole rings is 1. The van der Waals surface area contributed by atoms with Gasteiger partial charge in [-0.25, -0.2) is 4.98 Å². The standard InChI is InChI=1S/C24H22ClF6N3O2S.ClH/c1-14-18(25)3-4-19-20(14)32-22(37-19)34(6-2-5-33-7-9-36-10-8-33)21(35)15-11-16(23(26,27)28)13-17(12-15)24(29,30)31;/h3-4,11-13H,2,5-10H2,1H3;1H. The van der Waals surface area contributed by atoms with Crippen LogP contribution in [-0.4, -0.2) is 55.2 Å². The molecule has 2 aromatic carbocycles. The van der Waals surface area contributed by atoms with Gasteiger partial charge in [-0.3, -0.25) is 14.6 Å². The van der Waals surface area contributed by atoms with Gasteiger partial charge in [0, 0.05) is 36.8 Å². The maximum Gasteiger partial charge on any atom is 0.416 e. The first-order valence-corrected chi connectivity index (χ1v) is 12.5. The maximum atomic E-state index is 13.5. The van der Waals surface area contributed by atoms with Gasteiger partial charge in [0.2, 0.25) is 0 Å². The van der Waals surface area contributed by atoms with Gasteiger partial charge in [0.25, 0.3) is 5.91 Å². The van der Waals surface area contributed by atoms with Gasteiger partial charge in [-0.05, 0) is 49.2 Å². The normalized spacial score (nSPS) is 14.9. The van der Waals surface area contributed by atoms with E-state index < -0.39 is 35.0 Å². The van der Waals surface area contributed by atoms with Crippen LogP contribution in [0.4, 0.5) is 31.5 Å². The average Bonchev–Trinajstić information content (AvgIpc) is 3.28. The van der Waals surface area contributed by atoms with E-state index in [9.17, 15) is 31.1 Å². The second kappa shape index (κ2) is 12.0. The van der Waals surface area contributed by atoms with Gasteiger partial charge in [0.05, 0.1) is 34.6 Å². The number of aryl methyl sites for hydroxylation is 1. The van der Waals surface area contributed by atoms with Crippen LogP contribution in [0.15, 0.2) is 30.3 Å². The summed E-state index contributed by atoms with van der Waals surface area (Å²) in [4.78, 5) is 21.3. The molecule has 2 heterocycles. The summed E-state index contributed by atoms with van der Waals surface area (Å²) in [7, 11) is 0. The van der Waals surface area contributed by atoms with Crippen molar-refractivity contribution in [1.29, 1.82) is 0 Å². The molecule has 0 saturated carbocycles. The van der Waals surface area contributed by atoms with Gasteiger partial charge in [0.15, 0.2) is 5.13 Å². The van der Waals surface area contributed by atoms with Crippen LogP contribution < -0.4 is 4.90 Å². The summed E-state index contributed by atoms with van der Waals surface area (Å²) in [6.07, 6.45) is -9.71. The van der Waals surface area contributed by atoms with Gasteiger partial charge < -0.3 is 4.74 Å². The van der Waals surface area contributed by atoms with E-state index in [1.165, 1.54) is 0 Å². The van der Waals surface area contributed by atoms with Crippen molar-refractivity contribution in [3.63, 3.8) is 0 Å². The van der Waals surface area contributed by atoms with Gasteiger partial charge in [-0.1, -0.05) is 22.9 Å². The molecular weight excluding hydrogens is 579 g/mol. The van der Waals surface area contributed by atoms with Crippen LogP contribution in [0.2, 0.25) is 5.02 Å². The topological polar surface area (TPSA) is 45.7 Å². The fourth-order valence-electron chi connectivity index (χ4n) is 4.00. The summed E-state index contributed by atoms with van der Waals surface area (Å²) in [5.74, 6) is -0.999. The molecule has 1 fully saturated rings. The Kier molecular flexibility index (Phi) is 9.57. The smallest absolute Gasteiger partial charge is 0.379 e. The highest BCUT2D eigenvalue weighted by Gasteiger charge is 2.38. The lowest BCUT2D eigenvalue weighted by Crippen LogP contribution is -2.39. The molecule has 0 radical (unpaired) electrons. The zero-order valence-corrected chi connectivity index (χ0v) is 22.3. The van der Waals surface area contributed by atoms with Crippen LogP contribution in [-0.2, 0) is 17.1 Å². The fraction of sp³-hybridized carbons (Fsp3) is 0.417. The summed E-state index contributed by atoms with van der Waals surface area (Å²) < 4.78 is 86.5. The number of carbonyl (C=O) groups is 1. The van der Waals surface area contributed by atoms with E-state index in [1.54, 1.807) is 19.1 Å². The molecule has 0 bridgehead atoms. The molecule has 14 heteroatoms. The summed E-state index contributed by atoms with van der Waals surface area (Å²) in [6.45, 7) is 4.85. The number of alkyl halides is 6. The number of ether oxygens (including phenoxy) is 1. The van der Waals surface area contributed by atoms with E-state index in [0.29, 0.717) is 72.2 Å². The Hall–Kier alpha value is -2.12. The zero-order valence-electron chi connectivity index (χ0n) is 20.0. The Morgan fingerprint density at radius 3 is 2.26 bits per heavy atom. The Balaban J connectivity index is 0.00000400. The second-order valence-corrected chi connectivity index (χ2v) is 9.99. The second-order valence-electron chi connectivity index (χ2n) is 8.57. The van der Waals surface area contributed by atoms with Crippen molar-refractivity contribution in [3.8, 4) is 0 Å². The number of anilines is 1. The van der Waals surface area contributed by atoms with Crippen molar-refractivity contribution in [1.82, 2.24) is 9.88 Å². The number of carbonyl (C=O) groups excluding carboxylic acids is 1. The van der Waals surface area contributed by atoms with Crippen molar-refractivity contribution < 1.29 is 35.9 Å². The summed E-state index contributed by atoms with van der Waals surface area (Å²) in [5.41, 5.74) is -2.65. The Morgan fingerprint density at radius 1 is 1.08 bits per heavy atom. The van der Waals surface area contributed by atoms with Crippen molar-refractivity contribution in [2.24, 2.45) is 0 Å². The minimum Gasteiger partial charge on any atom is -0.379 e. The predicted molar refractivity (Wildman–Crippen MR) is 137 cm³/mol. The lowest BCUT2D eigenvalue weighted by Gasteiger charge is -2.28. The number of aromatic nitrogens is 1. The number of halogens is 8. The number of benzene rings is 2. The number of hydrogen-bond acceptors (Lipinski definition) is 5. The molecular formula is C24H23Cl2F6N3O2S. The number of morpholine rings is 1. The van der Waals surface area contributed by atoms with E-state index in [0.717, 1.165) is 16.2 Å². The summed E-state index contributed by atoms with van der Waals surface area (Å²) >= 11 is 7.29. The minimum absolute atomic E-state index is 0. The Labute approximate surface area is 229 Å². The number of nitrogens with zero attached hydrogens (tertiary/aromatic N) is 3. The molecule has 38 heavy (non-hydrogen) atoms. The van der Waals surface area contributed by atoms with Crippen molar-refractivity contribution in [2.45, 2.75) is 25.7 Å². The first kappa shape index (κ1) is 30.4. The van der Waals surface area contributed by atoms with Crippen LogP contribution in [0, 0.1) is 6.92 Å². The molecule has 1 amide bonds. The van der Waals surface area contributed by atoms with E-state index >= 15 is 0 Å². The van der Waals surface area contributed by atoms with Crippen LogP contribution in [0.3, 0.4) is 0 Å². The summed E-state index contributed by atoms with van der Waals surface area (Å²) in [5, 5.41) is 0.612. The van der Waals surface area contributed by atoms with Crippen molar-refractivity contribution in [2.75, 3.05) is 44.3 Å². The molecule has 0 unspecified atom stereocenters. The number of hydrogen-bond donors (Lipinski definition) is 0. The van der Waals surface area contributed by atoms with E-state index in [-0.39, 0.29) is 30.1 Å².